The minimum Gasteiger partial charge on any atom is -0.313 e. The van der Waals surface area contributed by atoms with Gasteiger partial charge in [0.15, 0.2) is 9.84 Å². The molecule has 1 saturated carbocycles. The molecule has 1 rings (SSSR count). The van der Waals surface area contributed by atoms with Gasteiger partial charge in [-0.3, -0.25) is 0 Å². The van der Waals surface area contributed by atoms with Gasteiger partial charge in [0.2, 0.25) is 0 Å². The van der Waals surface area contributed by atoms with E-state index < -0.39 is 9.84 Å². The van der Waals surface area contributed by atoms with Gasteiger partial charge in [-0.1, -0.05) is 34.6 Å². The number of sulfone groups is 1. The van der Waals surface area contributed by atoms with Crippen molar-refractivity contribution in [2.75, 3.05) is 12.3 Å². The lowest BCUT2D eigenvalue weighted by Gasteiger charge is -2.39. The highest BCUT2D eigenvalue weighted by Gasteiger charge is 2.41. The van der Waals surface area contributed by atoms with Crippen molar-refractivity contribution in [3.63, 3.8) is 0 Å². The Morgan fingerprint density at radius 1 is 1.21 bits per heavy atom. The van der Waals surface area contributed by atoms with Crippen molar-refractivity contribution in [3.05, 3.63) is 0 Å². The molecule has 4 heteroatoms. The first-order valence-electron chi connectivity index (χ1n) is 7.72. The highest BCUT2D eigenvalue weighted by molar-refractivity contribution is 7.92. The van der Waals surface area contributed by atoms with E-state index in [2.05, 4.69) is 39.9 Å². The van der Waals surface area contributed by atoms with Gasteiger partial charge in [0, 0.05) is 6.04 Å². The van der Waals surface area contributed by atoms with Gasteiger partial charge in [0.1, 0.15) is 0 Å². The van der Waals surface area contributed by atoms with Crippen LogP contribution >= 0.6 is 0 Å². The Bertz CT molecular complexity index is 364. The lowest BCUT2D eigenvalue weighted by molar-refractivity contribution is 0.243. The topological polar surface area (TPSA) is 46.2 Å². The van der Waals surface area contributed by atoms with Gasteiger partial charge in [-0.15, -0.1) is 0 Å². The summed E-state index contributed by atoms with van der Waals surface area (Å²) in [6.07, 6.45) is 2.80. The Morgan fingerprint density at radius 2 is 1.84 bits per heavy atom. The molecule has 1 N–H and O–H groups in total. The summed E-state index contributed by atoms with van der Waals surface area (Å²) in [6.45, 7) is 11.4. The molecule has 0 bridgehead atoms. The summed E-state index contributed by atoms with van der Waals surface area (Å²) in [7, 11) is -2.98. The molecule has 0 aromatic rings. The van der Waals surface area contributed by atoms with Crippen LogP contribution in [-0.2, 0) is 9.84 Å². The molecule has 0 aromatic heterocycles. The van der Waals surface area contributed by atoms with Crippen LogP contribution in [0.25, 0.3) is 0 Å². The summed E-state index contributed by atoms with van der Waals surface area (Å²) >= 11 is 0. The molecule has 0 saturated heterocycles. The third kappa shape index (κ3) is 4.75. The van der Waals surface area contributed by atoms with E-state index in [1.807, 2.05) is 0 Å². The van der Waals surface area contributed by atoms with Gasteiger partial charge in [-0.2, -0.15) is 0 Å². The largest absolute Gasteiger partial charge is 0.313 e. The molecule has 114 valence electrons. The quantitative estimate of drug-likeness (QED) is 0.818. The van der Waals surface area contributed by atoms with Gasteiger partial charge in [0.05, 0.1) is 11.0 Å². The molecule has 1 aliphatic carbocycles. The molecule has 0 amide bonds. The van der Waals surface area contributed by atoms with Gasteiger partial charge in [-0.05, 0) is 43.6 Å². The van der Waals surface area contributed by atoms with Crippen LogP contribution in [0.4, 0.5) is 0 Å². The van der Waals surface area contributed by atoms with Crippen LogP contribution in [0.5, 0.6) is 0 Å². The number of nitrogens with one attached hydrogen (secondary N) is 1. The first-order chi connectivity index (χ1) is 8.77. The molecular weight excluding hydrogens is 258 g/mol. The second-order valence-corrected chi connectivity index (χ2v) is 9.01. The predicted octanol–water partition coefficient (Wildman–Crippen LogP) is 2.86. The van der Waals surface area contributed by atoms with E-state index in [0.29, 0.717) is 17.6 Å². The SMILES string of the molecule is CCNC1CC(C)CC(C)C1S(=O)(=O)CCC(C)C. The first-order valence-corrected chi connectivity index (χ1v) is 9.44. The zero-order valence-corrected chi connectivity index (χ0v) is 14.0. The van der Waals surface area contributed by atoms with Crippen LogP contribution < -0.4 is 5.32 Å². The van der Waals surface area contributed by atoms with E-state index in [4.69, 9.17) is 0 Å². The maximum absolute atomic E-state index is 12.7. The third-order valence-corrected chi connectivity index (χ3v) is 6.68. The summed E-state index contributed by atoms with van der Waals surface area (Å²) in [5, 5.41) is 3.22. The van der Waals surface area contributed by atoms with E-state index in [1.54, 1.807) is 0 Å². The predicted molar refractivity (Wildman–Crippen MR) is 82.1 cm³/mol. The summed E-state index contributed by atoms with van der Waals surface area (Å²) in [5.41, 5.74) is 0. The Balaban J connectivity index is 2.85. The van der Waals surface area contributed by atoms with Crippen molar-refractivity contribution >= 4 is 9.84 Å². The fourth-order valence-electron chi connectivity index (χ4n) is 3.43. The molecule has 3 nitrogen and oxygen atoms in total. The molecular formula is C15H31NO2S. The van der Waals surface area contributed by atoms with Crippen LogP contribution in [0.2, 0.25) is 0 Å². The highest BCUT2D eigenvalue weighted by Crippen LogP contribution is 2.34. The fraction of sp³-hybridized carbons (Fsp3) is 1.00. The van der Waals surface area contributed by atoms with E-state index >= 15 is 0 Å². The van der Waals surface area contributed by atoms with E-state index in [-0.39, 0.29) is 17.2 Å². The van der Waals surface area contributed by atoms with Crippen LogP contribution in [-0.4, -0.2) is 32.0 Å². The Morgan fingerprint density at radius 3 is 2.37 bits per heavy atom. The van der Waals surface area contributed by atoms with Crippen molar-refractivity contribution in [3.8, 4) is 0 Å². The zero-order chi connectivity index (χ0) is 14.6. The monoisotopic (exact) mass is 289 g/mol. The average Bonchev–Trinajstić information content (AvgIpc) is 2.25. The number of rotatable bonds is 6. The maximum atomic E-state index is 12.7. The summed E-state index contributed by atoms with van der Waals surface area (Å²) in [4.78, 5) is 0. The maximum Gasteiger partial charge on any atom is 0.154 e. The van der Waals surface area contributed by atoms with Crippen molar-refractivity contribution < 1.29 is 8.42 Å². The lowest BCUT2D eigenvalue weighted by Crippen LogP contribution is -2.52. The number of hydrogen-bond donors (Lipinski definition) is 1. The highest BCUT2D eigenvalue weighted by atomic mass is 32.2. The van der Waals surface area contributed by atoms with Crippen molar-refractivity contribution in [2.24, 2.45) is 17.8 Å². The molecule has 0 spiro atoms. The molecule has 1 aliphatic rings. The van der Waals surface area contributed by atoms with Crippen molar-refractivity contribution in [2.45, 2.75) is 65.2 Å². The Hall–Kier alpha value is -0.0900. The minimum atomic E-state index is -2.98. The second-order valence-electron chi connectivity index (χ2n) is 6.73. The first kappa shape index (κ1) is 17.0. The van der Waals surface area contributed by atoms with Crippen molar-refractivity contribution in [1.29, 1.82) is 0 Å². The molecule has 0 heterocycles. The molecule has 0 aliphatic heterocycles. The molecule has 19 heavy (non-hydrogen) atoms. The van der Waals surface area contributed by atoms with Crippen LogP contribution in [0, 0.1) is 17.8 Å². The van der Waals surface area contributed by atoms with Gasteiger partial charge < -0.3 is 5.32 Å². The molecule has 0 aromatic carbocycles. The third-order valence-electron chi connectivity index (χ3n) is 4.25. The smallest absolute Gasteiger partial charge is 0.154 e. The summed E-state index contributed by atoms with van der Waals surface area (Å²) in [5.74, 6) is 1.68. The van der Waals surface area contributed by atoms with Crippen LogP contribution in [0.1, 0.15) is 53.9 Å². The fourth-order valence-corrected chi connectivity index (χ4v) is 6.03. The molecule has 1 fully saturated rings. The van der Waals surface area contributed by atoms with E-state index in [9.17, 15) is 8.42 Å². The molecule has 0 radical (unpaired) electrons. The Labute approximate surface area is 119 Å². The standard InChI is InChI=1S/C15H31NO2S/c1-6-16-14-10-12(4)9-13(5)15(14)19(17,18)8-7-11(2)3/h11-16H,6-10H2,1-5H3. The molecule has 4 unspecified atom stereocenters. The minimum absolute atomic E-state index is 0.140. The van der Waals surface area contributed by atoms with Crippen molar-refractivity contribution in [1.82, 2.24) is 5.32 Å². The van der Waals surface area contributed by atoms with Gasteiger partial charge >= 0.3 is 0 Å². The van der Waals surface area contributed by atoms with Gasteiger partial charge in [-0.25, -0.2) is 8.42 Å². The Kier molecular flexibility index (Phi) is 6.31. The van der Waals surface area contributed by atoms with E-state index in [1.165, 1.54) is 0 Å². The summed E-state index contributed by atoms with van der Waals surface area (Å²) < 4.78 is 25.3. The van der Waals surface area contributed by atoms with Crippen LogP contribution in [0.15, 0.2) is 0 Å². The second kappa shape index (κ2) is 7.07. The average molecular weight is 289 g/mol. The van der Waals surface area contributed by atoms with Crippen LogP contribution in [0.3, 0.4) is 0 Å². The normalized spacial score (nSPS) is 32.7. The summed E-state index contributed by atoms with van der Waals surface area (Å²) in [6, 6.07) is 0.140. The van der Waals surface area contributed by atoms with Gasteiger partial charge in [0.25, 0.3) is 0 Å². The molecule has 4 atom stereocenters. The number of hydrogen-bond acceptors (Lipinski definition) is 3. The van der Waals surface area contributed by atoms with E-state index in [0.717, 1.165) is 25.8 Å². The lowest BCUT2D eigenvalue weighted by atomic mass is 9.80. The zero-order valence-electron chi connectivity index (χ0n) is 13.1.